The summed E-state index contributed by atoms with van der Waals surface area (Å²) in [7, 11) is 0. The quantitative estimate of drug-likeness (QED) is 0.558. The SMILES string of the molecule is C=C(COC(C)=O)[C@H]1CCCC[C@@H]1OC(C)=O. The van der Waals surface area contributed by atoms with Crippen molar-refractivity contribution in [3.63, 3.8) is 0 Å². The molecule has 0 saturated heterocycles. The first-order chi connectivity index (χ1) is 8.00. The average molecular weight is 240 g/mol. The van der Waals surface area contributed by atoms with Crippen molar-refractivity contribution in [2.75, 3.05) is 6.61 Å². The van der Waals surface area contributed by atoms with Gasteiger partial charge in [-0.1, -0.05) is 13.0 Å². The number of ether oxygens (including phenoxy) is 2. The molecule has 96 valence electrons. The van der Waals surface area contributed by atoms with Crippen LogP contribution in [0.4, 0.5) is 0 Å². The Balaban J connectivity index is 2.54. The first-order valence-electron chi connectivity index (χ1n) is 5.99. The van der Waals surface area contributed by atoms with Gasteiger partial charge < -0.3 is 9.47 Å². The smallest absolute Gasteiger partial charge is 0.302 e. The zero-order valence-electron chi connectivity index (χ0n) is 10.5. The highest BCUT2D eigenvalue weighted by Gasteiger charge is 2.29. The zero-order chi connectivity index (χ0) is 12.8. The lowest BCUT2D eigenvalue weighted by molar-refractivity contribution is -0.150. The maximum atomic E-state index is 11.0. The van der Waals surface area contributed by atoms with E-state index < -0.39 is 0 Å². The minimum absolute atomic E-state index is 0.107. The van der Waals surface area contributed by atoms with Gasteiger partial charge in [-0.3, -0.25) is 9.59 Å². The first-order valence-corrected chi connectivity index (χ1v) is 5.99. The molecule has 17 heavy (non-hydrogen) atoms. The van der Waals surface area contributed by atoms with Gasteiger partial charge in [0, 0.05) is 19.8 Å². The maximum Gasteiger partial charge on any atom is 0.302 e. The molecule has 1 aliphatic rings. The summed E-state index contributed by atoms with van der Waals surface area (Å²) in [6.45, 7) is 6.95. The summed E-state index contributed by atoms with van der Waals surface area (Å²) in [5, 5.41) is 0. The van der Waals surface area contributed by atoms with E-state index in [1.54, 1.807) is 0 Å². The van der Waals surface area contributed by atoms with Crippen molar-refractivity contribution in [1.29, 1.82) is 0 Å². The van der Waals surface area contributed by atoms with E-state index in [-0.39, 0.29) is 30.6 Å². The molecule has 0 unspecified atom stereocenters. The topological polar surface area (TPSA) is 52.6 Å². The van der Waals surface area contributed by atoms with Gasteiger partial charge in [0.05, 0.1) is 0 Å². The minimum atomic E-state index is -0.314. The zero-order valence-corrected chi connectivity index (χ0v) is 10.5. The van der Waals surface area contributed by atoms with E-state index in [1.165, 1.54) is 13.8 Å². The molecule has 0 heterocycles. The number of esters is 2. The Hall–Kier alpha value is -1.32. The van der Waals surface area contributed by atoms with Crippen LogP contribution in [0.5, 0.6) is 0 Å². The van der Waals surface area contributed by atoms with Crippen molar-refractivity contribution in [1.82, 2.24) is 0 Å². The van der Waals surface area contributed by atoms with Crippen molar-refractivity contribution in [2.45, 2.75) is 45.6 Å². The number of carbonyl (C=O) groups excluding carboxylic acids is 2. The Morgan fingerprint density at radius 3 is 2.41 bits per heavy atom. The molecule has 1 saturated carbocycles. The maximum absolute atomic E-state index is 11.0. The van der Waals surface area contributed by atoms with Crippen LogP contribution in [0.15, 0.2) is 12.2 Å². The van der Waals surface area contributed by atoms with Crippen LogP contribution in [0.3, 0.4) is 0 Å². The van der Waals surface area contributed by atoms with Crippen molar-refractivity contribution in [2.24, 2.45) is 5.92 Å². The summed E-state index contributed by atoms with van der Waals surface area (Å²) in [6, 6.07) is 0. The fourth-order valence-electron chi connectivity index (χ4n) is 2.22. The average Bonchev–Trinajstić information content (AvgIpc) is 2.25. The van der Waals surface area contributed by atoms with Gasteiger partial charge in [-0.2, -0.15) is 0 Å². The summed E-state index contributed by atoms with van der Waals surface area (Å²) < 4.78 is 10.2. The second-order valence-corrected chi connectivity index (χ2v) is 4.48. The molecule has 2 atom stereocenters. The largest absolute Gasteiger partial charge is 0.462 e. The van der Waals surface area contributed by atoms with E-state index >= 15 is 0 Å². The molecule has 0 bridgehead atoms. The molecule has 4 heteroatoms. The van der Waals surface area contributed by atoms with Gasteiger partial charge in [0.1, 0.15) is 12.7 Å². The lowest BCUT2D eigenvalue weighted by Crippen LogP contribution is -2.31. The third-order valence-corrected chi connectivity index (χ3v) is 3.01. The number of rotatable bonds is 4. The van der Waals surface area contributed by atoms with Gasteiger partial charge in [0.2, 0.25) is 0 Å². The van der Waals surface area contributed by atoms with E-state index in [4.69, 9.17) is 9.47 Å². The Kier molecular flexibility index (Phi) is 5.19. The summed E-state index contributed by atoms with van der Waals surface area (Å²) in [6.07, 6.45) is 3.86. The Morgan fingerprint density at radius 1 is 1.18 bits per heavy atom. The van der Waals surface area contributed by atoms with Gasteiger partial charge in [-0.05, 0) is 24.8 Å². The Bertz CT molecular complexity index is 309. The van der Waals surface area contributed by atoms with Crippen molar-refractivity contribution >= 4 is 11.9 Å². The molecular weight excluding hydrogens is 220 g/mol. The van der Waals surface area contributed by atoms with Crippen molar-refractivity contribution in [3.8, 4) is 0 Å². The van der Waals surface area contributed by atoms with Gasteiger partial charge >= 0.3 is 11.9 Å². The fourth-order valence-corrected chi connectivity index (χ4v) is 2.22. The highest BCUT2D eigenvalue weighted by Crippen LogP contribution is 2.31. The van der Waals surface area contributed by atoms with Crippen LogP contribution in [-0.4, -0.2) is 24.6 Å². The Morgan fingerprint density at radius 2 is 1.82 bits per heavy atom. The molecule has 1 rings (SSSR count). The fraction of sp³-hybridized carbons (Fsp3) is 0.692. The molecule has 0 radical (unpaired) electrons. The van der Waals surface area contributed by atoms with Crippen LogP contribution in [0, 0.1) is 5.92 Å². The highest BCUT2D eigenvalue weighted by molar-refractivity contribution is 5.66. The summed E-state index contributed by atoms with van der Waals surface area (Å²) >= 11 is 0. The van der Waals surface area contributed by atoms with Crippen LogP contribution in [0.2, 0.25) is 0 Å². The van der Waals surface area contributed by atoms with Crippen LogP contribution in [0.25, 0.3) is 0 Å². The predicted molar refractivity (Wildman–Crippen MR) is 63.3 cm³/mol. The van der Waals surface area contributed by atoms with Gasteiger partial charge in [-0.15, -0.1) is 0 Å². The first kappa shape index (κ1) is 13.7. The highest BCUT2D eigenvalue weighted by atomic mass is 16.5. The van der Waals surface area contributed by atoms with E-state index in [0.717, 1.165) is 31.3 Å². The standard InChI is InChI=1S/C13H20O4/c1-9(8-16-10(2)14)12-6-4-5-7-13(12)17-11(3)15/h12-13H,1,4-8H2,2-3H3/t12-,13+/m1/s1. The second kappa shape index (κ2) is 6.42. The number of carbonyl (C=O) groups is 2. The summed E-state index contributed by atoms with van der Waals surface area (Å²) in [5.74, 6) is -0.458. The molecule has 0 aromatic heterocycles. The molecule has 0 N–H and O–H groups in total. The monoisotopic (exact) mass is 240 g/mol. The molecule has 1 fully saturated rings. The van der Waals surface area contributed by atoms with E-state index in [1.807, 2.05) is 0 Å². The summed E-state index contributed by atoms with van der Waals surface area (Å²) in [5.41, 5.74) is 0.839. The molecule has 4 nitrogen and oxygen atoms in total. The third-order valence-electron chi connectivity index (χ3n) is 3.01. The second-order valence-electron chi connectivity index (χ2n) is 4.48. The van der Waals surface area contributed by atoms with E-state index in [9.17, 15) is 9.59 Å². The van der Waals surface area contributed by atoms with Crippen LogP contribution >= 0.6 is 0 Å². The van der Waals surface area contributed by atoms with E-state index in [0.29, 0.717) is 0 Å². The van der Waals surface area contributed by atoms with Gasteiger partial charge in [0.25, 0.3) is 0 Å². The van der Waals surface area contributed by atoms with Crippen LogP contribution in [-0.2, 0) is 19.1 Å². The van der Waals surface area contributed by atoms with E-state index in [2.05, 4.69) is 6.58 Å². The molecule has 0 aromatic carbocycles. The molecule has 0 amide bonds. The van der Waals surface area contributed by atoms with Crippen LogP contribution < -0.4 is 0 Å². The molecular formula is C13H20O4. The molecule has 0 aromatic rings. The van der Waals surface area contributed by atoms with Crippen molar-refractivity contribution in [3.05, 3.63) is 12.2 Å². The molecule has 0 spiro atoms. The van der Waals surface area contributed by atoms with Gasteiger partial charge in [-0.25, -0.2) is 0 Å². The number of hydrogen-bond acceptors (Lipinski definition) is 4. The number of hydrogen-bond donors (Lipinski definition) is 0. The molecule has 1 aliphatic carbocycles. The minimum Gasteiger partial charge on any atom is -0.462 e. The normalized spacial score (nSPS) is 23.9. The van der Waals surface area contributed by atoms with Gasteiger partial charge in [0.15, 0.2) is 0 Å². The predicted octanol–water partition coefficient (Wildman–Crippen LogP) is 2.23. The Labute approximate surface area is 102 Å². The molecule has 0 aliphatic heterocycles. The summed E-state index contributed by atoms with van der Waals surface area (Å²) in [4.78, 5) is 21.8. The lowest BCUT2D eigenvalue weighted by atomic mass is 9.82. The van der Waals surface area contributed by atoms with Crippen LogP contribution in [0.1, 0.15) is 39.5 Å². The third kappa shape index (κ3) is 4.59. The lowest BCUT2D eigenvalue weighted by Gasteiger charge is -2.32. The van der Waals surface area contributed by atoms with Crippen molar-refractivity contribution < 1.29 is 19.1 Å².